The van der Waals surface area contributed by atoms with E-state index in [1.54, 1.807) is 0 Å². The molecule has 2 rings (SSSR count). The highest BCUT2D eigenvalue weighted by Crippen LogP contribution is 2.31. The van der Waals surface area contributed by atoms with Crippen LogP contribution in [0.1, 0.15) is 26.2 Å². The molecule has 2 atom stereocenters. The lowest BCUT2D eigenvalue weighted by atomic mass is 9.99. The molecule has 0 radical (unpaired) electrons. The summed E-state index contributed by atoms with van der Waals surface area (Å²) in [5.41, 5.74) is 0. The fourth-order valence-electron chi connectivity index (χ4n) is 2.38. The summed E-state index contributed by atoms with van der Waals surface area (Å²) in [6.45, 7) is 2.62. The molecule has 19 heavy (non-hydrogen) atoms. The Hall–Kier alpha value is -0.360. The predicted molar refractivity (Wildman–Crippen MR) is 76.0 cm³/mol. The number of nitrogens with one attached hydrogen (secondary N) is 1. The Kier molecular flexibility index (Phi) is 4.71. The molecule has 1 saturated carbocycles. The van der Waals surface area contributed by atoms with Crippen LogP contribution in [-0.2, 0) is 10.0 Å². The van der Waals surface area contributed by atoms with Crippen molar-refractivity contribution < 1.29 is 8.42 Å². The molecule has 1 aromatic heterocycles. The normalized spacial score (nSPS) is 23.7. The Balaban J connectivity index is 2.07. The van der Waals surface area contributed by atoms with E-state index in [1.165, 1.54) is 25.1 Å². The fourth-order valence-corrected chi connectivity index (χ4v) is 3.78. The van der Waals surface area contributed by atoms with Gasteiger partial charge in [0.15, 0.2) is 0 Å². The van der Waals surface area contributed by atoms with E-state index in [-0.39, 0.29) is 15.1 Å². The van der Waals surface area contributed by atoms with Gasteiger partial charge in [-0.15, -0.1) is 0 Å². The molecule has 0 amide bonds. The number of rotatable bonds is 4. The van der Waals surface area contributed by atoms with Crippen LogP contribution in [0.4, 0.5) is 0 Å². The van der Waals surface area contributed by atoms with Crippen LogP contribution in [0.15, 0.2) is 17.2 Å². The standard InChI is InChI=1S/C12H16Cl2N2O2S/c1-8-3-2-4-9(8)6-16-19(17,18)10-5-11(13)12(14)15-7-10/h5,7-9,16H,2-4,6H2,1H3. The molecule has 0 saturated heterocycles. The van der Waals surface area contributed by atoms with Crippen molar-refractivity contribution in [1.29, 1.82) is 0 Å². The van der Waals surface area contributed by atoms with Gasteiger partial charge in [0.2, 0.25) is 10.0 Å². The third kappa shape index (κ3) is 3.60. The van der Waals surface area contributed by atoms with Gasteiger partial charge in [0, 0.05) is 12.7 Å². The molecule has 0 spiro atoms. The zero-order valence-corrected chi connectivity index (χ0v) is 12.9. The van der Waals surface area contributed by atoms with Gasteiger partial charge in [0.1, 0.15) is 10.0 Å². The van der Waals surface area contributed by atoms with Crippen LogP contribution in [0, 0.1) is 11.8 Å². The van der Waals surface area contributed by atoms with Gasteiger partial charge in [-0.2, -0.15) is 0 Å². The molecule has 4 nitrogen and oxygen atoms in total. The van der Waals surface area contributed by atoms with E-state index in [2.05, 4.69) is 16.6 Å². The molecule has 1 fully saturated rings. The predicted octanol–water partition coefficient (Wildman–Crippen LogP) is 3.10. The smallest absolute Gasteiger partial charge is 0.242 e. The number of hydrogen-bond donors (Lipinski definition) is 1. The monoisotopic (exact) mass is 322 g/mol. The van der Waals surface area contributed by atoms with E-state index in [0.717, 1.165) is 6.42 Å². The molecule has 1 N–H and O–H groups in total. The van der Waals surface area contributed by atoms with E-state index >= 15 is 0 Å². The molecule has 1 aliphatic rings. The highest BCUT2D eigenvalue weighted by molar-refractivity contribution is 7.89. The zero-order valence-electron chi connectivity index (χ0n) is 10.6. The zero-order chi connectivity index (χ0) is 14.0. The summed E-state index contributed by atoms with van der Waals surface area (Å²) < 4.78 is 26.8. The van der Waals surface area contributed by atoms with Crippen LogP contribution < -0.4 is 4.72 Å². The number of pyridine rings is 1. The van der Waals surface area contributed by atoms with Gasteiger partial charge in [0.25, 0.3) is 0 Å². The lowest BCUT2D eigenvalue weighted by Crippen LogP contribution is -2.30. The topological polar surface area (TPSA) is 59.1 Å². The second kappa shape index (κ2) is 5.95. The van der Waals surface area contributed by atoms with Crippen LogP contribution >= 0.6 is 23.2 Å². The van der Waals surface area contributed by atoms with Crippen LogP contribution in [0.25, 0.3) is 0 Å². The second-order valence-corrected chi connectivity index (χ2v) is 7.50. The Morgan fingerprint density at radius 1 is 1.42 bits per heavy atom. The van der Waals surface area contributed by atoms with Crippen molar-refractivity contribution in [2.24, 2.45) is 11.8 Å². The SMILES string of the molecule is CC1CCCC1CNS(=O)(=O)c1cnc(Cl)c(Cl)c1. The van der Waals surface area contributed by atoms with Crippen molar-refractivity contribution in [3.63, 3.8) is 0 Å². The molecule has 1 aromatic rings. The number of halogens is 2. The molecule has 1 heterocycles. The summed E-state index contributed by atoms with van der Waals surface area (Å²) >= 11 is 11.5. The highest BCUT2D eigenvalue weighted by Gasteiger charge is 2.25. The number of sulfonamides is 1. The minimum atomic E-state index is -3.57. The molecular weight excluding hydrogens is 307 g/mol. The van der Waals surface area contributed by atoms with Gasteiger partial charge >= 0.3 is 0 Å². The van der Waals surface area contributed by atoms with Crippen molar-refractivity contribution in [2.75, 3.05) is 6.54 Å². The molecule has 1 aliphatic carbocycles. The minimum Gasteiger partial charge on any atom is -0.242 e. The first-order valence-corrected chi connectivity index (χ1v) is 8.45. The number of nitrogens with zero attached hydrogens (tertiary/aromatic N) is 1. The molecule has 2 unspecified atom stereocenters. The van der Waals surface area contributed by atoms with Crippen molar-refractivity contribution in [3.05, 3.63) is 22.4 Å². The van der Waals surface area contributed by atoms with Gasteiger partial charge in [-0.3, -0.25) is 0 Å². The maximum atomic E-state index is 12.1. The number of hydrogen-bond acceptors (Lipinski definition) is 3. The Labute approximate surface area is 123 Å². The first-order valence-electron chi connectivity index (χ1n) is 6.21. The minimum absolute atomic E-state index is 0.0487. The van der Waals surface area contributed by atoms with E-state index in [0.29, 0.717) is 18.4 Å². The van der Waals surface area contributed by atoms with Gasteiger partial charge in [-0.25, -0.2) is 18.1 Å². The quantitative estimate of drug-likeness (QED) is 0.866. The highest BCUT2D eigenvalue weighted by atomic mass is 35.5. The van der Waals surface area contributed by atoms with E-state index in [9.17, 15) is 8.42 Å². The number of aromatic nitrogens is 1. The lowest BCUT2D eigenvalue weighted by molar-refractivity contribution is 0.414. The first kappa shape index (κ1) is 15.0. The molecular formula is C12H16Cl2N2O2S. The molecule has 106 valence electrons. The van der Waals surface area contributed by atoms with Crippen LogP contribution in [0.3, 0.4) is 0 Å². The molecule has 0 aromatic carbocycles. The second-order valence-electron chi connectivity index (χ2n) is 4.96. The van der Waals surface area contributed by atoms with Crippen molar-refractivity contribution in [3.8, 4) is 0 Å². The lowest BCUT2D eigenvalue weighted by Gasteiger charge is -2.16. The molecule has 0 bridgehead atoms. The van der Waals surface area contributed by atoms with Crippen LogP contribution in [0.2, 0.25) is 10.2 Å². The van der Waals surface area contributed by atoms with E-state index < -0.39 is 10.0 Å². The van der Waals surface area contributed by atoms with Crippen molar-refractivity contribution in [1.82, 2.24) is 9.71 Å². The summed E-state index contributed by atoms with van der Waals surface area (Å²) in [5.74, 6) is 0.972. The van der Waals surface area contributed by atoms with E-state index in [4.69, 9.17) is 23.2 Å². The average Bonchev–Trinajstić information content (AvgIpc) is 2.76. The van der Waals surface area contributed by atoms with Gasteiger partial charge in [0.05, 0.1) is 5.02 Å². The summed E-state index contributed by atoms with van der Waals surface area (Å²) in [5, 5.41) is 0.240. The average molecular weight is 323 g/mol. The maximum absolute atomic E-state index is 12.1. The Bertz CT molecular complexity index is 563. The summed E-state index contributed by atoms with van der Waals surface area (Å²) in [7, 11) is -3.57. The van der Waals surface area contributed by atoms with Gasteiger partial charge in [-0.05, 0) is 24.3 Å². The third-order valence-electron chi connectivity index (χ3n) is 3.66. The van der Waals surface area contributed by atoms with Crippen LogP contribution in [0.5, 0.6) is 0 Å². The Morgan fingerprint density at radius 3 is 2.74 bits per heavy atom. The van der Waals surface area contributed by atoms with Crippen LogP contribution in [-0.4, -0.2) is 19.9 Å². The molecule has 7 heteroatoms. The fraction of sp³-hybridized carbons (Fsp3) is 0.583. The molecule has 0 aliphatic heterocycles. The maximum Gasteiger partial charge on any atom is 0.242 e. The summed E-state index contributed by atoms with van der Waals surface area (Å²) in [4.78, 5) is 3.80. The van der Waals surface area contributed by atoms with E-state index in [1.807, 2.05) is 0 Å². The van der Waals surface area contributed by atoms with Crippen molar-refractivity contribution >= 4 is 33.2 Å². The van der Waals surface area contributed by atoms with Crippen molar-refractivity contribution in [2.45, 2.75) is 31.1 Å². The third-order valence-corrected chi connectivity index (χ3v) is 5.73. The first-order chi connectivity index (χ1) is 8.90. The Morgan fingerprint density at radius 2 is 2.16 bits per heavy atom. The largest absolute Gasteiger partial charge is 0.242 e. The van der Waals surface area contributed by atoms with Gasteiger partial charge < -0.3 is 0 Å². The van der Waals surface area contributed by atoms with Gasteiger partial charge in [-0.1, -0.05) is 43.0 Å². The summed E-state index contributed by atoms with van der Waals surface area (Å²) in [6, 6.07) is 1.32. The summed E-state index contributed by atoms with van der Waals surface area (Å²) in [6.07, 6.45) is 4.63.